The van der Waals surface area contributed by atoms with Crippen LogP contribution in [0.4, 0.5) is 13.2 Å². The van der Waals surface area contributed by atoms with Gasteiger partial charge < -0.3 is 19.6 Å². The zero-order chi connectivity index (χ0) is 22.5. The van der Waals surface area contributed by atoms with E-state index in [1.807, 2.05) is 29.6 Å². The number of thiophene rings is 1. The predicted molar refractivity (Wildman–Crippen MR) is 105 cm³/mol. The van der Waals surface area contributed by atoms with Crippen LogP contribution < -0.4 is 5.32 Å². The number of carboxylic acid groups (broad SMARTS) is 1. The number of alkyl halides is 3. The van der Waals surface area contributed by atoms with E-state index in [4.69, 9.17) is 19.1 Å². The number of hydrogen-bond donors (Lipinski definition) is 2. The summed E-state index contributed by atoms with van der Waals surface area (Å²) >= 11 is 1.67. The highest BCUT2D eigenvalue weighted by atomic mass is 32.1. The summed E-state index contributed by atoms with van der Waals surface area (Å²) in [6.45, 7) is 4.73. The van der Waals surface area contributed by atoms with Crippen LogP contribution in [0.25, 0.3) is 0 Å². The van der Waals surface area contributed by atoms with E-state index >= 15 is 0 Å². The van der Waals surface area contributed by atoms with E-state index in [-0.39, 0.29) is 11.3 Å². The summed E-state index contributed by atoms with van der Waals surface area (Å²) in [5, 5.41) is 12.2. The molecule has 2 aliphatic rings. The third kappa shape index (κ3) is 6.31. The van der Waals surface area contributed by atoms with Gasteiger partial charge in [0.2, 0.25) is 5.91 Å². The van der Waals surface area contributed by atoms with E-state index in [1.54, 1.807) is 17.6 Å². The van der Waals surface area contributed by atoms with Crippen LogP contribution in [0.1, 0.15) is 17.1 Å². The monoisotopic (exact) mass is 460 g/mol. The molecule has 2 N–H and O–H groups in total. The molecular weight excluding hydrogens is 437 g/mol. The average molecular weight is 460 g/mol. The molecule has 0 saturated carbocycles. The van der Waals surface area contributed by atoms with Crippen molar-refractivity contribution in [3.63, 3.8) is 0 Å². The van der Waals surface area contributed by atoms with Crippen molar-refractivity contribution in [1.29, 1.82) is 0 Å². The Morgan fingerprint density at radius 2 is 2.10 bits per heavy atom. The molecule has 1 amide bonds. The van der Waals surface area contributed by atoms with Crippen LogP contribution in [-0.4, -0.2) is 54.4 Å². The minimum Gasteiger partial charge on any atom is -0.475 e. The van der Waals surface area contributed by atoms with Gasteiger partial charge >= 0.3 is 12.1 Å². The summed E-state index contributed by atoms with van der Waals surface area (Å²) in [5.74, 6) is -1.22. The quantitative estimate of drug-likeness (QED) is 0.688. The first-order valence-electron chi connectivity index (χ1n) is 9.60. The maximum atomic E-state index is 12.5. The number of carbonyl (C=O) groups excluding carboxylic acids is 1. The molecular formula is C20H23F3N2O5S. The maximum absolute atomic E-state index is 12.5. The Morgan fingerprint density at radius 3 is 2.71 bits per heavy atom. The van der Waals surface area contributed by atoms with E-state index in [2.05, 4.69) is 10.2 Å². The van der Waals surface area contributed by atoms with Gasteiger partial charge in [-0.1, -0.05) is 6.07 Å². The van der Waals surface area contributed by atoms with Crippen molar-refractivity contribution in [2.45, 2.75) is 25.7 Å². The number of amides is 1. The van der Waals surface area contributed by atoms with Crippen LogP contribution in [0.2, 0.25) is 0 Å². The number of nitrogens with one attached hydrogen (secondary N) is 1. The fourth-order valence-corrected chi connectivity index (χ4v) is 4.56. The van der Waals surface area contributed by atoms with Crippen LogP contribution in [0.5, 0.6) is 0 Å². The lowest BCUT2D eigenvalue weighted by atomic mass is 9.78. The number of furan rings is 1. The molecule has 4 rings (SSSR count). The summed E-state index contributed by atoms with van der Waals surface area (Å²) < 4.78 is 42.9. The number of carbonyl (C=O) groups is 2. The first kappa shape index (κ1) is 23.3. The van der Waals surface area contributed by atoms with E-state index in [0.29, 0.717) is 25.5 Å². The van der Waals surface area contributed by atoms with Gasteiger partial charge in [-0.05, 0) is 23.6 Å². The number of rotatable bonds is 6. The van der Waals surface area contributed by atoms with E-state index in [0.717, 1.165) is 32.0 Å². The van der Waals surface area contributed by atoms with Gasteiger partial charge in [-0.2, -0.15) is 13.2 Å². The molecule has 2 aliphatic heterocycles. The zero-order valence-corrected chi connectivity index (χ0v) is 17.4. The van der Waals surface area contributed by atoms with E-state index in [1.165, 1.54) is 4.88 Å². The smallest absolute Gasteiger partial charge is 0.475 e. The van der Waals surface area contributed by atoms with Crippen LogP contribution in [0.3, 0.4) is 0 Å². The second kappa shape index (κ2) is 9.84. The molecule has 4 heterocycles. The number of nitrogens with zero attached hydrogens (tertiary/aromatic N) is 1. The Bertz CT molecular complexity index is 857. The normalized spacial score (nSPS) is 23.1. The van der Waals surface area contributed by atoms with Gasteiger partial charge in [0.1, 0.15) is 5.76 Å². The molecule has 31 heavy (non-hydrogen) atoms. The summed E-state index contributed by atoms with van der Waals surface area (Å²) in [7, 11) is 0. The molecule has 0 unspecified atom stereocenters. The minimum absolute atomic E-state index is 0.0495. The molecule has 2 saturated heterocycles. The minimum atomic E-state index is -5.08. The Hall–Kier alpha value is -2.37. The van der Waals surface area contributed by atoms with Crippen molar-refractivity contribution in [2.75, 3.05) is 26.3 Å². The highest BCUT2D eigenvalue weighted by Crippen LogP contribution is 2.44. The molecule has 0 spiro atoms. The highest BCUT2D eigenvalue weighted by Gasteiger charge is 2.51. The molecule has 0 aliphatic carbocycles. The average Bonchev–Trinajstić information content (AvgIpc) is 3.45. The van der Waals surface area contributed by atoms with Crippen LogP contribution in [0.15, 0.2) is 40.3 Å². The number of fused-ring (bicyclic) bond motifs is 1. The maximum Gasteiger partial charge on any atom is 0.490 e. The summed E-state index contributed by atoms with van der Waals surface area (Å²) in [6.07, 6.45) is -2.83. The molecule has 7 nitrogen and oxygen atoms in total. The second-order valence-corrected chi connectivity index (χ2v) is 8.69. The molecule has 2 fully saturated rings. The van der Waals surface area contributed by atoms with Crippen LogP contribution in [-0.2, 0) is 27.4 Å². The fourth-order valence-electron chi connectivity index (χ4n) is 3.92. The highest BCUT2D eigenvalue weighted by molar-refractivity contribution is 7.09. The number of carboxylic acids is 1. The molecule has 11 heteroatoms. The SMILES string of the molecule is O=C(C[C@]12COC[C@H]1CN(Cc1ccco1)C2)NCc1cccs1.O=C(O)C(F)(F)F. The Morgan fingerprint density at radius 1 is 1.32 bits per heavy atom. The van der Waals surface area contributed by atoms with Crippen molar-refractivity contribution in [1.82, 2.24) is 10.2 Å². The Balaban J connectivity index is 0.000000339. The number of ether oxygens (including phenoxy) is 1. The Labute approximate surface area is 180 Å². The standard InChI is InChI=1S/C18H22N2O3S.C2HF3O2/c21-17(19-8-16-4-2-6-24-16)7-18-12-20(9-14(18)11-22-13-18)10-15-3-1-5-23-15;3-2(4,5)1(6)7/h1-6,14H,7-13H2,(H,19,21);(H,6,7)/t14-,18+;/m1./s1. The van der Waals surface area contributed by atoms with Crippen LogP contribution >= 0.6 is 11.3 Å². The second-order valence-electron chi connectivity index (χ2n) is 7.66. The molecule has 0 aromatic carbocycles. The van der Waals surface area contributed by atoms with Crippen molar-refractivity contribution >= 4 is 23.2 Å². The third-order valence-corrected chi connectivity index (χ3v) is 6.22. The van der Waals surface area contributed by atoms with Crippen molar-refractivity contribution < 1.29 is 37.0 Å². The van der Waals surface area contributed by atoms with Gasteiger partial charge in [0.25, 0.3) is 0 Å². The first-order chi connectivity index (χ1) is 14.7. The molecule has 170 valence electrons. The first-order valence-corrected chi connectivity index (χ1v) is 10.5. The van der Waals surface area contributed by atoms with Gasteiger partial charge in [-0.25, -0.2) is 4.79 Å². The number of hydrogen-bond acceptors (Lipinski definition) is 6. The number of aliphatic carboxylic acids is 1. The number of halogens is 3. The van der Waals surface area contributed by atoms with Crippen LogP contribution in [0, 0.1) is 11.3 Å². The van der Waals surface area contributed by atoms with E-state index < -0.39 is 12.1 Å². The number of likely N-dealkylation sites (tertiary alicyclic amines) is 1. The van der Waals surface area contributed by atoms with Crippen molar-refractivity contribution in [2.24, 2.45) is 11.3 Å². The topological polar surface area (TPSA) is 92.0 Å². The molecule has 2 aromatic heterocycles. The largest absolute Gasteiger partial charge is 0.490 e. The predicted octanol–water partition coefficient (Wildman–Crippen LogP) is 3.13. The lowest BCUT2D eigenvalue weighted by Gasteiger charge is -2.26. The van der Waals surface area contributed by atoms with Gasteiger partial charge in [-0.15, -0.1) is 11.3 Å². The lowest BCUT2D eigenvalue weighted by Crippen LogP contribution is -2.37. The van der Waals surface area contributed by atoms with Gasteiger partial charge in [0.05, 0.1) is 32.6 Å². The lowest BCUT2D eigenvalue weighted by molar-refractivity contribution is -0.192. The molecule has 2 aromatic rings. The zero-order valence-electron chi connectivity index (χ0n) is 16.6. The Kier molecular flexibility index (Phi) is 7.39. The van der Waals surface area contributed by atoms with Gasteiger partial charge in [0, 0.05) is 35.7 Å². The van der Waals surface area contributed by atoms with Gasteiger partial charge in [-0.3, -0.25) is 9.69 Å². The molecule has 2 atom stereocenters. The van der Waals surface area contributed by atoms with E-state index in [9.17, 15) is 18.0 Å². The van der Waals surface area contributed by atoms with Gasteiger partial charge in [0.15, 0.2) is 0 Å². The summed E-state index contributed by atoms with van der Waals surface area (Å²) in [5.41, 5.74) is -0.0495. The van der Waals surface area contributed by atoms with Crippen molar-refractivity contribution in [3.8, 4) is 0 Å². The fraction of sp³-hybridized carbons (Fsp3) is 0.500. The summed E-state index contributed by atoms with van der Waals surface area (Å²) in [6, 6.07) is 7.98. The molecule has 0 radical (unpaired) electrons. The third-order valence-electron chi connectivity index (χ3n) is 5.35. The van der Waals surface area contributed by atoms with Crippen molar-refractivity contribution in [3.05, 3.63) is 46.5 Å². The molecule has 0 bridgehead atoms. The summed E-state index contributed by atoms with van der Waals surface area (Å²) in [4.78, 5) is 24.9.